The lowest BCUT2D eigenvalue weighted by Crippen LogP contribution is -2.42. The molecule has 0 aliphatic carbocycles. The lowest BCUT2D eigenvalue weighted by molar-refractivity contribution is 0.0197. The number of amides is 2. The molecule has 0 unspecified atom stereocenters. The number of nitrogens with one attached hydrogen (secondary N) is 1. The first-order chi connectivity index (χ1) is 13.3. The van der Waals surface area contributed by atoms with Crippen LogP contribution >= 0.6 is 0 Å². The summed E-state index contributed by atoms with van der Waals surface area (Å²) >= 11 is 0. The zero-order valence-electron chi connectivity index (χ0n) is 16.5. The summed E-state index contributed by atoms with van der Waals surface area (Å²) in [6, 6.07) is 10.7. The number of rotatable bonds is 3. The van der Waals surface area contributed by atoms with Crippen molar-refractivity contribution >= 4 is 17.8 Å². The molecule has 1 saturated heterocycles. The minimum Gasteiger partial charge on any atom is -0.444 e. The molecule has 2 aromatic heterocycles. The first-order valence-corrected chi connectivity index (χ1v) is 9.49. The highest BCUT2D eigenvalue weighted by Crippen LogP contribution is 2.27. The Kier molecular flexibility index (Phi) is 5.92. The van der Waals surface area contributed by atoms with E-state index in [9.17, 15) is 9.59 Å². The first-order valence-electron chi connectivity index (χ1n) is 9.49. The van der Waals surface area contributed by atoms with Crippen molar-refractivity contribution in [2.24, 2.45) is 0 Å². The average Bonchev–Trinajstić information content (AvgIpc) is 2.68. The van der Waals surface area contributed by atoms with Gasteiger partial charge in [-0.2, -0.15) is 0 Å². The van der Waals surface area contributed by atoms with Gasteiger partial charge in [-0.05, 0) is 57.9 Å². The van der Waals surface area contributed by atoms with Crippen LogP contribution in [0.15, 0.2) is 42.6 Å². The number of ether oxygens (including phenoxy) is 1. The van der Waals surface area contributed by atoms with Crippen LogP contribution in [0.1, 0.15) is 55.7 Å². The van der Waals surface area contributed by atoms with Crippen LogP contribution in [0.4, 0.5) is 10.6 Å². The Morgan fingerprint density at radius 2 is 2.00 bits per heavy atom. The maximum Gasteiger partial charge on any atom is 0.410 e. The van der Waals surface area contributed by atoms with Gasteiger partial charge < -0.3 is 15.0 Å². The van der Waals surface area contributed by atoms with Crippen molar-refractivity contribution in [3.05, 3.63) is 54.0 Å². The van der Waals surface area contributed by atoms with Gasteiger partial charge in [-0.1, -0.05) is 12.1 Å². The molecule has 0 aromatic carbocycles. The third kappa shape index (κ3) is 5.28. The second kappa shape index (κ2) is 8.37. The van der Waals surface area contributed by atoms with Crippen LogP contribution in [0, 0.1) is 0 Å². The zero-order valence-corrected chi connectivity index (χ0v) is 16.5. The molecule has 1 aliphatic rings. The van der Waals surface area contributed by atoms with Gasteiger partial charge in [0.2, 0.25) is 0 Å². The van der Waals surface area contributed by atoms with Crippen LogP contribution < -0.4 is 5.32 Å². The molecule has 3 heterocycles. The van der Waals surface area contributed by atoms with Crippen molar-refractivity contribution in [3.8, 4) is 0 Å². The fraction of sp³-hybridized carbons (Fsp3) is 0.429. The van der Waals surface area contributed by atoms with E-state index < -0.39 is 5.60 Å². The molecule has 1 atom stereocenters. The number of nitrogens with zero attached hydrogens (tertiary/aromatic N) is 3. The first kappa shape index (κ1) is 19.8. The van der Waals surface area contributed by atoms with E-state index in [-0.39, 0.29) is 17.9 Å². The van der Waals surface area contributed by atoms with Crippen molar-refractivity contribution in [2.75, 3.05) is 18.4 Å². The highest BCUT2D eigenvalue weighted by molar-refractivity contribution is 6.02. The number of piperidine rings is 1. The lowest BCUT2D eigenvalue weighted by atomic mass is 9.94. The molecule has 0 bridgehead atoms. The van der Waals surface area contributed by atoms with Crippen molar-refractivity contribution in [2.45, 2.75) is 45.1 Å². The predicted octanol–water partition coefficient (Wildman–Crippen LogP) is 3.84. The van der Waals surface area contributed by atoms with E-state index in [2.05, 4.69) is 15.3 Å². The van der Waals surface area contributed by atoms with Gasteiger partial charge in [-0.25, -0.2) is 14.8 Å². The molecule has 2 aromatic rings. The third-order valence-corrected chi connectivity index (χ3v) is 4.40. The molecular weight excluding hydrogens is 356 g/mol. The van der Waals surface area contributed by atoms with Crippen molar-refractivity contribution in [1.82, 2.24) is 14.9 Å². The number of anilines is 1. The van der Waals surface area contributed by atoms with E-state index >= 15 is 0 Å². The molecule has 7 nitrogen and oxygen atoms in total. The van der Waals surface area contributed by atoms with Crippen molar-refractivity contribution in [1.29, 1.82) is 0 Å². The molecule has 1 aliphatic heterocycles. The molecule has 148 valence electrons. The minimum absolute atomic E-state index is 0.0730. The third-order valence-electron chi connectivity index (χ3n) is 4.40. The van der Waals surface area contributed by atoms with E-state index in [1.807, 2.05) is 32.9 Å². The second-order valence-corrected chi connectivity index (χ2v) is 7.88. The highest BCUT2D eigenvalue weighted by Gasteiger charge is 2.29. The van der Waals surface area contributed by atoms with Crippen LogP contribution in [0.3, 0.4) is 0 Å². The van der Waals surface area contributed by atoms with E-state index in [0.29, 0.717) is 24.6 Å². The highest BCUT2D eigenvalue weighted by atomic mass is 16.6. The van der Waals surface area contributed by atoms with Gasteiger partial charge in [0.15, 0.2) is 0 Å². The van der Waals surface area contributed by atoms with E-state index in [1.54, 1.807) is 35.4 Å². The maximum absolute atomic E-state index is 12.5. The number of likely N-dealkylation sites (tertiary alicyclic amines) is 1. The molecule has 1 fully saturated rings. The summed E-state index contributed by atoms with van der Waals surface area (Å²) in [5, 5.41) is 2.74. The van der Waals surface area contributed by atoms with Crippen LogP contribution in [0.2, 0.25) is 0 Å². The lowest BCUT2D eigenvalue weighted by Gasteiger charge is -2.34. The molecule has 0 spiro atoms. The molecular formula is C21H26N4O3. The number of aromatic nitrogens is 2. The average molecular weight is 382 g/mol. The Morgan fingerprint density at radius 1 is 1.18 bits per heavy atom. The zero-order chi connectivity index (χ0) is 20.1. The van der Waals surface area contributed by atoms with Gasteiger partial charge in [0.25, 0.3) is 5.91 Å². The fourth-order valence-electron chi connectivity index (χ4n) is 3.13. The Labute approximate surface area is 165 Å². The summed E-state index contributed by atoms with van der Waals surface area (Å²) in [6.07, 6.45) is 3.10. The van der Waals surface area contributed by atoms with Crippen LogP contribution in [0.5, 0.6) is 0 Å². The quantitative estimate of drug-likeness (QED) is 0.872. The number of carbonyl (C=O) groups is 2. The number of hydrogen-bond donors (Lipinski definition) is 1. The van der Waals surface area contributed by atoms with E-state index in [0.717, 1.165) is 18.5 Å². The smallest absolute Gasteiger partial charge is 0.410 e. The normalized spacial score (nSPS) is 17.1. The summed E-state index contributed by atoms with van der Waals surface area (Å²) in [4.78, 5) is 35.2. The van der Waals surface area contributed by atoms with Gasteiger partial charge in [0.1, 0.15) is 17.1 Å². The number of pyridine rings is 2. The predicted molar refractivity (Wildman–Crippen MR) is 106 cm³/mol. The van der Waals surface area contributed by atoms with Gasteiger partial charge >= 0.3 is 6.09 Å². The summed E-state index contributed by atoms with van der Waals surface area (Å²) in [5.41, 5.74) is 0.616. The van der Waals surface area contributed by atoms with Crippen LogP contribution in [-0.2, 0) is 4.74 Å². The monoisotopic (exact) mass is 382 g/mol. The summed E-state index contributed by atoms with van der Waals surface area (Å²) in [6.45, 7) is 6.78. The summed E-state index contributed by atoms with van der Waals surface area (Å²) in [7, 11) is 0. The molecule has 0 radical (unpaired) electrons. The Balaban J connectivity index is 1.69. The van der Waals surface area contributed by atoms with Crippen molar-refractivity contribution in [3.63, 3.8) is 0 Å². The SMILES string of the molecule is CC(C)(C)OC(=O)N1CCC[C@H](c2cccc(C(=O)Nc3ccccn3)n2)C1. The molecule has 7 heteroatoms. The Morgan fingerprint density at radius 3 is 2.71 bits per heavy atom. The molecule has 1 N–H and O–H groups in total. The number of hydrogen-bond acceptors (Lipinski definition) is 5. The largest absolute Gasteiger partial charge is 0.444 e. The van der Waals surface area contributed by atoms with Crippen LogP contribution in [-0.4, -0.2) is 45.6 Å². The topological polar surface area (TPSA) is 84.4 Å². The molecule has 28 heavy (non-hydrogen) atoms. The van der Waals surface area contributed by atoms with Gasteiger partial charge in [-0.3, -0.25) is 4.79 Å². The van der Waals surface area contributed by atoms with E-state index in [1.165, 1.54) is 0 Å². The molecule has 3 rings (SSSR count). The van der Waals surface area contributed by atoms with Crippen molar-refractivity contribution < 1.29 is 14.3 Å². The Hall–Kier alpha value is -2.96. The van der Waals surface area contributed by atoms with Gasteiger partial charge in [0, 0.05) is 30.9 Å². The second-order valence-electron chi connectivity index (χ2n) is 7.88. The summed E-state index contributed by atoms with van der Waals surface area (Å²) in [5.74, 6) is 0.248. The standard InChI is InChI=1S/C21H26N4O3/c1-21(2,3)28-20(27)25-13-7-8-15(14-25)16-9-6-10-17(23-16)19(26)24-18-11-4-5-12-22-18/h4-6,9-12,15H,7-8,13-14H2,1-3H3,(H,22,24,26)/t15-/m0/s1. The Bertz CT molecular complexity index is 833. The number of carbonyl (C=O) groups excluding carboxylic acids is 2. The van der Waals surface area contributed by atoms with Gasteiger partial charge in [0.05, 0.1) is 0 Å². The maximum atomic E-state index is 12.5. The minimum atomic E-state index is -0.522. The molecule has 2 amide bonds. The molecule has 0 saturated carbocycles. The van der Waals surface area contributed by atoms with E-state index in [4.69, 9.17) is 4.74 Å². The van der Waals surface area contributed by atoms with Gasteiger partial charge in [-0.15, -0.1) is 0 Å². The summed E-state index contributed by atoms with van der Waals surface area (Å²) < 4.78 is 5.49. The fourth-order valence-corrected chi connectivity index (χ4v) is 3.13. The van der Waals surface area contributed by atoms with Crippen LogP contribution in [0.25, 0.3) is 0 Å².